The zero-order valence-electron chi connectivity index (χ0n) is 13.3. The lowest BCUT2D eigenvalue weighted by Crippen LogP contribution is -2.47. The van der Waals surface area contributed by atoms with Gasteiger partial charge in [-0.3, -0.25) is 4.98 Å². The normalized spacial score (nSPS) is 18.5. The number of pyridine rings is 1. The van der Waals surface area contributed by atoms with Gasteiger partial charge in [0.25, 0.3) is 0 Å². The zero-order chi connectivity index (χ0) is 15.8. The number of hydrogen-bond acceptors (Lipinski definition) is 3. The fraction of sp³-hybridized carbons (Fsp3) is 0.647. The quantitative estimate of drug-likeness (QED) is 0.756. The number of carbonyl (C=O) groups excluding carboxylic acids is 1. The predicted octanol–water partition coefficient (Wildman–Crippen LogP) is 2.77. The highest BCUT2D eigenvalue weighted by Crippen LogP contribution is 2.27. The summed E-state index contributed by atoms with van der Waals surface area (Å²) in [5, 5.41) is 15.3. The highest BCUT2D eigenvalue weighted by Gasteiger charge is 2.25. The van der Waals surface area contributed by atoms with E-state index in [1.165, 1.54) is 19.3 Å². The first kappa shape index (κ1) is 16.7. The molecule has 1 aliphatic rings. The van der Waals surface area contributed by atoms with Gasteiger partial charge in [0, 0.05) is 25.0 Å². The van der Waals surface area contributed by atoms with Gasteiger partial charge in [0.15, 0.2) is 0 Å². The fourth-order valence-electron chi connectivity index (χ4n) is 3.24. The molecule has 1 heterocycles. The SMILES string of the molecule is CC(NC(=O)NC(CCO)C1CCCCC1)c1ccncc1. The maximum atomic E-state index is 12.2. The van der Waals surface area contributed by atoms with E-state index in [0.717, 1.165) is 18.4 Å². The van der Waals surface area contributed by atoms with Crippen molar-refractivity contribution in [3.63, 3.8) is 0 Å². The molecular formula is C17H27N3O2. The summed E-state index contributed by atoms with van der Waals surface area (Å²) >= 11 is 0. The van der Waals surface area contributed by atoms with Gasteiger partial charge in [-0.25, -0.2) is 4.79 Å². The molecule has 1 fully saturated rings. The molecule has 0 saturated heterocycles. The van der Waals surface area contributed by atoms with E-state index >= 15 is 0 Å². The molecule has 5 nitrogen and oxygen atoms in total. The van der Waals surface area contributed by atoms with Gasteiger partial charge in [-0.05, 0) is 49.8 Å². The van der Waals surface area contributed by atoms with E-state index in [1.807, 2.05) is 19.1 Å². The van der Waals surface area contributed by atoms with Crippen LogP contribution in [0.5, 0.6) is 0 Å². The third kappa shape index (κ3) is 4.98. The summed E-state index contributed by atoms with van der Waals surface area (Å²) in [6.45, 7) is 2.07. The molecular weight excluding hydrogens is 278 g/mol. The Hall–Kier alpha value is -1.62. The molecule has 0 aliphatic heterocycles. The van der Waals surface area contributed by atoms with Crippen molar-refractivity contribution in [1.82, 2.24) is 15.6 Å². The van der Waals surface area contributed by atoms with E-state index in [0.29, 0.717) is 12.3 Å². The number of carbonyl (C=O) groups is 1. The first-order chi connectivity index (χ1) is 10.7. The van der Waals surface area contributed by atoms with Crippen LogP contribution in [-0.2, 0) is 0 Å². The first-order valence-corrected chi connectivity index (χ1v) is 8.28. The van der Waals surface area contributed by atoms with Crippen molar-refractivity contribution in [3.8, 4) is 0 Å². The summed E-state index contributed by atoms with van der Waals surface area (Å²) in [7, 11) is 0. The van der Waals surface area contributed by atoms with Gasteiger partial charge < -0.3 is 15.7 Å². The van der Waals surface area contributed by atoms with E-state index in [9.17, 15) is 9.90 Å². The molecule has 0 spiro atoms. The van der Waals surface area contributed by atoms with Crippen LogP contribution in [-0.4, -0.2) is 28.8 Å². The predicted molar refractivity (Wildman–Crippen MR) is 86.4 cm³/mol. The molecule has 1 saturated carbocycles. The summed E-state index contributed by atoms with van der Waals surface area (Å²) in [6.07, 6.45) is 10.1. The second-order valence-electron chi connectivity index (χ2n) is 6.14. The van der Waals surface area contributed by atoms with E-state index in [1.54, 1.807) is 12.4 Å². The Bertz CT molecular complexity index is 446. The van der Waals surface area contributed by atoms with Crippen LogP contribution in [0.1, 0.15) is 57.1 Å². The Morgan fingerprint density at radius 3 is 2.59 bits per heavy atom. The number of aromatic nitrogens is 1. The van der Waals surface area contributed by atoms with Gasteiger partial charge in [0.2, 0.25) is 0 Å². The van der Waals surface area contributed by atoms with Crippen molar-refractivity contribution < 1.29 is 9.90 Å². The lowest BCUT2D eigenvalue weighted by atomic mass is 9.83. The van der Waals surface area contributed by atoms with E-state index in [4.69, 9.17) is 0 Å². The van der Waals surface area contributed by atoms with Gasteiger partial charge in [-0.15, -0.1) is 0 Å². The van der Waals surface area contributed by atoms with Crippen LogP contribution in [0.3, 0.4) is 0 Å². The van der Waals surface area contributed by atoms with Crippen LogP contribution in [0.2, 0.25) is 0 Å². The lowest BCUT2D eigenvalue weighted by Gasteiger charge is -2.31. The lowest BCUT2D eigenvalue weighted by molar-refractivity contribution is 0.195. The molecule has 2 atom stereocenters. The van der Waals surface area contributed by atoms with Crippen LogP contribution in [0.25, 0.3) is 0 Å². The summed E-state index contributed by atoms with van der Waals surface area (Å²) in [5.41, 5.74) is 1.03. The Labute approximate surface area is 132 Å². The molecule has 22 heavy (non-hydrogen) atoms. The van der Waals surface area contributed by atoms with Crippen molar-refractivity contribution in [2.75, 3.05) is 6.61 Å². The van der Waals surface area contributed by atoms with Gasteiger partial charge >= 0.3 is 6.03 Å². The molecule has 1 aliphatic carbocycles. The largest absolute Gasteiger partial charge is 0.396 e. The minimum atomic E-state index is -0.159. The molecule has 0 radical (unpaired) electrons. The van der Waals surface area contributed by atoms with Gasteiger partial charge in [-0.2, -0.15) is 0 Å². The number of nitrogens with zero attached hydrogens (tertiary/aromatic N) is 1. The summed E-state index contributed by atoms with van der Waals surface area (Å²) in [6, 6.07) is 3.64. The van der Waals surface area contributed by atoms with E-state index in [2.05, 4.69) is 15.6 Å². The van der Waals surface area contributed by atoms with Crippen molar-refractivity contribution in [3.05, 3.63) is 30.1 Å². The van der Waals surface area contributed by atoms with Crippen LogP contribution in [0.4, 0.5) is 4.79 Å². The molecule has 0 bridgehead atoms. The average molecular weight is 305 g/mol. The monoisotopic (exact) mass is 305 g/mol. The molecule has 0 aromatic carbocycles. The standard InChI is InChI=1S/C17H27N3O2/c1-13(14-7-10-18-11-8-14)19-17(22)20-16(9-12-21)15-5-3-2-4-6-15/h7-8,10-11,13,15-16,21H,2-6,9,12H2,1H3,(H2,19,20,22). The third-order valence-electron chi connectivity index (χ3n) is 4.53. The number of nitrogens with one attached hydrogen (secondary N) is 2. The maximum absolute atomic E-state index is 12.2. The second-order valence-corrected chi connectivity index (χ2v) is 6.14. The highest BCUT2D eigenvalue weighted by atomic mass is 16.3. The van der Waals surface area contributed by atoms with Gasteiger partial charge in [-0.1, -0.05) is 19.3 Å². The molecule has 3 N–H and O–H groups in total. The van der Waals surface area contributed by atoms with E-state index in [-0.39, 0.29) is 24.7 Å². The zero-order valence-corrected chi connectivity index (χ0v) is 13.3. The molecule has 5 heteroatoms. The molecule has 2 amide bonds. The average Bonchev–Trinajstić information content (AvgIpc) is 2.56. The number of rotatable bonds is 6. The van der Waals surface area contributed by atoms with Crippen LogP contribution in [0.15, 0.2) is 24.5 Å². The number of aliphatic hydroxyl groups is 1. The van der Waals surface area contributed by atoms with Crippen LogP contribution >= 0.6 is 0 Å². The Balaban J connectivity index is 1.87. The number of amides is 2. The van der Waals surface area contributed by atoms with Crippen molar-refractivity contribution >= 4 is 6.03 Å². The third-order valence-corrected chi connectivity index (χ3v) is 4.53. The molecule has 2 unspecified atom stereocenters. The molecule has 1 aromatic rings. The second kappa shape index (κ2) is 8.73. The van der Waals surface area contributed by atoms with Crippen molar-refractivity contribution in [2.45, 2.75) is 57.5 Å². The van der Waals surface area contributed by atoms with E-state index < -0.39 is 0 Å². The summed E-state index contributed by atoms with van der Waals surface area (Å²) < 4.78 is 0. The number of hydrogen-bond donors (Lipinski definition) is 3. The van der Waals surface area contributed by atoms with Crippen LogP contribution in [0, 0.1) is 5.92 Å². The summed E-state index contributed by atoms with van der Waals surface area (Å²) in [5.74, 6) is 0.489. The highest BCUT2D eigenvalue weighted by molar-refractivity contribution is 5.74. The first-order valence-electron chi connectivity index (χ1n) is 8.28. The van der Waals surface area contributed by atoms with Gasteiger partial charge in [0.1, 0.15) is 0 Å². The fourth-order valence-corrected chi connectivity index (χ4v) is 3.24. The maximum Gasteiger partial charge on any atom is 0.315 e. The number of urea groups is 1. The Kier molecular flexibility index (Phi) is 6.65. The topological polar surface area (TPSA) is 74.2 Å². The van der Waals surface area contributed by atoms with Crippen LogP contribution < -0.4 is 10.6 Å². The number of aliphatic hydroxyl groups excluding tert-OH is 1. The minimum absolute atomic E-state index is 0.0648. The smallest absolute Gasteiger partial charge is 0.315 e. The Morgan fingerprint density at radius 2 is 1.95 bits per heavy atom. The Morgan fingerprint density at radius 1 is 1.27 bits per heavy atom. The minimum Gasteiger partial charge on any atom is -0.396 e. The summed E-state index contributed by atoms with van der Waals surface area (Å²) in [4.78, 5) is 16.2. The van der Waals surface area contributed by atoms with Crippen molar-refractivity contribution in [1.29, 1.82) is 0 Å². The molecule has 122 valence electrons. The van der Waals surface area contributed by atoms with Crippen molar-refractivity contribution in [2.24, 2.45) is 5.92 Å². The van der Waals surface area contributed by atoms with Gasteiger partial charge in [0.05, 0.1) is 6.04 Å². The molecule has 1 aromatic heterocycles. The molecule has 2 rings (SSSR count).